The van der Waals surface area contributed by atoms with Gasteiger partial charge in [-0.1, -0.05) is 63.7 Å². The van der Waals surface area contributed by atoms with Crippen molar-refractivity contribution >= 4 is 61.9 Å². The Hall–Kier alpha value is -2.15. The molecule has 140 valence electrons. The van der Waals surface area contributed by atoms with Gasteiger partial charge in [-0.15, -0.1) is 0 Å². The van der Waals surface area contributed by atoms with Crippen molar-refractivity contribution in [3.63, 3.8) is 0 Å². The number of anilines is 1. The second-order valence-corrected chi connectivity index (χ2v) is 9.07. The Labute approximate surface area is 181 Å². The molecule has 4 rings (SSSR count). The smallest absolute Gasteiger partial charge is 0.270 e. The highest BCUT2D eigenvalue weighted by molar-refractivity contribution is 9.10. The second-order valence-electron chi connectivity index (χ2n) is 6.54. The van der Waals surface area contributed by atoms with Crippen LogP contribution in [0.1, 0.15) is 16.9 Å². The minimum absolute atomic E-state index is 0.131. The van der Waals surface area contributed by atoms with E-state index in [1.54, 1.807) is 11.0 Å². The van der Waals surface area contributed by atoms with Gasteiger partial charge in [0.15, 0.2) is 4.32 Å². The number of thioether (sulfide) groups is 1. The highest BCUT2D eigenvalue weighted by Crippen LogP contribution is 2.37. The number of hydrogen-bond acceptors (Lipinski definition) is 4. The molecule has 3 aromatic rings. The largest absolute Gasteiger partial charge is 0.457 e. The number of amides is 1. The first kappa shape index (κ1) is 19.2. The van der Waals surface area contributed by atoms with E-state index in [4.69, 9.17) is 16.6 Å². The summed E-state index contributed by atoms with van der Waals surface area (Å²) in [5.74, 6) is 1.23. The van der Waals surface area contributed by atoms with Crippen LogP contribution in [0.25, 0.3) is 17.4 Å². The summed E-state index contributed by atoms with van der Waals surface area (Å²) in [4.78, 5) is 15.0. The number of furan rings is 1. The summed E-state index contributed by atoms with van der Waals surface area (Å²) in [5.41, 5.74) is 4.05. The summed E-state index contributed by atoms with van der Waals surface area (Å²) in [6, 6.07) is 17.6. The Morgan fingerprint density at radius 2 is 1.75 bits per heavy atom. The van der Waals surface area contributed by atoms with Gasteiger partial charge in [-0.25, -0.2) is 0 Å². The van der Waals surface area contributed by atoms with E-state index in [0.29, 0.717) is 15.0 Å². The fourth-order valence-corrected chi connectivity index (χ4v) is 4.88. The highest BCUT2D eigenvalue weighted by atomic mass is 79.9. The van der Waals surface area contributed by atoms with Gasteiger partial charge in [-0.3, -0.25) is 9.69 Å². The lowest BCUT2D eigenvalue weighted by molar-refractivity contribution is -0.113. The zero-order chi connectivity index (χ0) is 19.8. The average molecular weight is 470 g/mol. The molecular weight excluding hydrogens is 454 g/mol. The molecule has 28 heavy (non-hydrogen) atoms. The molecule has 1 aliphatic rings. The summed E-state index contributed by atoms with van der Waals surface area (Å²) in [5, 5.41) is 0. The van der Waals surface area contributed by atoms with E-state index in [2.05, 4.69) is 15.9 Å². The molecule has 2 aromatic carbocycles. The number of hydrogen-bond donors (Lipinski definition) is 0. The Kier molecular flexibility index (Phi) is 5.27. The van der Waals surface area contributed by atoms with Gasteiger partial charge in [0.2, 0.25) is 0 Å². The monoisotopic (exact) mass is 469 g/mol. The van der Waals surface area contributed by atoms with Crippen molar-refractivity contribution in [1.29, 1.82) is 0 Å². The number of carbonyl (C=O) groups excluding carboxylic acids is 1. The van der Waals surface area contributed by atoms with Crippen LogP contribution in [0.3, 0.4) is 0 Å². The standard InChI is InChI=1S/C22H16BrNO2S2/c1-13-3-6-15(7-4-13)24-21(25)20(28-22(24)27)12-16-8-10-19(26-16)17-9-5-14(2)11-18(17)23/h3-12H,1-2H3/b20-12+. The normalized spacial score (nSPS) is 15.7. The van der Waals surface area contributed by atoms with Crippen molar-refractivity contribution in [2.75, 3.05) is 4.90 Å². The van der Waals surface area contributed by atoms with Gasteiger partial charge < -0.3 is 4.42 Å². The molecule has 2 heterocycles. The molecule has 6 heteroatoms. The van der Waals surface area contributed by atoms with Crippen molar-refractivity contribution in [3.05, 3.63) is 80.9 Å². The molecule has 0 saturated carbocycles. The number of benzene rings is 2. The molecule has 1 saturated heterocycles. The van der Waals surface area contributed by atoms with E-state index >= 15 is 0 Å². The predicted molar refractivity (Wildman–Crippen MR) is 123 cm³/mol. The molecule has 1 fully saturated rings. The van der Waals surface area contributed by atoms with E-state index in [9.17, 15) is 4.79 Å². The van der Waals surface area contributed by atoms with Crippen molar-refractivity contribution in [3.8, 4) is 11.3 Å². The van der Waals surface area contributed by atoms with Crippen molar-refractivity contribution < 1.29 is 9.21 Å². The van der Waals surface area contributed by atoms with Gasteiger partial charge in [0.25, 0.3) is 5.91 Å². The van der Waals surface area contributed by atoms with Gasteiger partial charge >= 0.3 is 0 Å². The lowest BCUT2D eigenvalue weighted by atomic mass is 10.1. The fraction of sp³-hybridized carbons (Fsp3) is 0.0909. The zero-order valence-corrected chi connectivity index (χ0v) is 18.5. The number of aryl methyl sites for hydroxylation is 2. The summed E-state index contributed by atoms with van der Waals surface area (Å²) < 4.78 is 7.45. The third kappa shape index (κ3) is 3.72. The first-order valence-electron chi connectivity index (χ1n) is 8.63. The third-order valence-electron chi connectivity index (χ3n) is 4.38. The van der Waals surface area contributed by atoms with Gasteiger partial charge in [0, 0.05) is 16.1 Å². The van der Waals surface area contributed by atoms with Crippen LogP contribution in [0, 0.1) is 13.8 Å². The summed E-state index contributed by atoms with van der Waals surface area (Å²) in [6.07, 6.45) is 1.75. The van der Waals surface area contributed by atoms with E-state index in [-0.39, 0.29) is 5.91 Å². The molecule has 0 radical (unpaired) electrons. The Morgan fingerprint density at radius 1 is 1.04 bits per heavy atom. The maximum atomic E-state index is 12.9. The number of rotatable bonds is 3. The molecule has 1 amide bonds. The van der Waals surface area contributed by atoms with E-state index in [1.807, 2.05) is 68.4 Å². The highest BCUT2D eigenvalue weighted by Gasteiger charge is 2.33. The van der Waals surface area contributed by atoms with Gasteiger partial charge in [-0.2, -0.15) is 0 Å². The molecule has 0 N–H and O–H groups in total. The van der Waals surface area contributed by atoms with Crippen molar-refractivity contribution in [2.24, 2.45) is 0 Å². The summed E-state index contributed by atoms with van der Waals surface area (Å²) in [6.45, 7) is 4.05. The maximum absolute atomic E-state index is 12.9. The SMILES string of the molecule is Cc1ccc(N2C(=O)/C(=C\c3ccc(-c4ccc(C)cc4Br)o3)SC2=S)cc1. The van der Waals surface area contributed by atoms with Gasteiger partial charge in [-0.05, 0) is 55.8 Å². The first-order chi connectivity index (χ1) is 13.4. The Morgan fingerprint density at radius 3 is 2.46 bits per heavy atom. The molecule has 1 aromatic heterocycles. The molecule has 0 bridgehead atoms. The van der Waals surface area contributed by atoms with Crippen LogP contribution in [0.5, 0.6) is 0 Å². The van der Waals surface area contributed by atoms with Crippen molar-refractivity contribution in [2.45, 2.75) is 13.8 Å². The van der Waals surface area contributed by atoms with E-state index in [0.717, 1.165) is 27.0 Å². The molecule has 0 unspecified atom stereocenters. The maximum Gasteiger partial charge on any atom is 0.270 e. The van der Waals surface area contributed by atoms with E-state index < -0.39 is 0 Å². The van der Waals surface area contributed by atoms with Gasteiger partial charge in [0.1, 0.15) is 11.5 Å². The molecule has 0 aliphatic carbocycles. The minimum atomic E-state index is -0.131. The van der Waals surface area contributed by atoms with Crippen LogP contribution in [0.2, 0.25) is 0 Å². The van der Waals surface area contributed by atoms with Gasteiger partial charge in [0.05, 0.1) is 10.6 Å². The van der Waals surface area contributed by atoms with Crippen LogP contribution in [-0.2, 0) is 4.79 Å². The number of carbonyl (C=O) groups is 1. The minimum Gasteiger partial charge on any atom is -0.457 e. The number of nitrogens with zero attached hydrogens (tertiary/aromatic N) is 1. The summed E-state index contributed by atoms with van der Waals surface area (Å²) >= 11 is 10.3. The third-order valence-corrected chi connectivity index (χ3v) is 6.33. The zero-order valence-electron chi connectivity index (χ0n) is 15.2. The van der Waals surface area contributed by atoms with Crippen LogP contribution in [0.4, 0.5) is 5.69 Å². The van der Waals surface area contributed by atoms with Crippen LogP contribution >= 0.6 is 39.9 Å². The molecule has 1 aliphatic heterocycles. The van der Waals surface area contributed by atoms with Crippen LogP contribution < -0.4 is 4.90 Å². The molecule has 0 atom stereocenters. The Balaban J connectivity index is 1.61. The van der Waals surface area contributed by atoms with Crippen LogP contribution in [-0.4, -0.2) is 10.2 Å². The molecular formula is C22H16BrNO2S2. The molecule has 0 spiro atoms. The molecule has 3 nitrogen and oxygen atoms in total. The first-order valence-corrected chi connectivity index (χ1v) is 10.6. The predicted octanol–water partition coefficient (Wildman–Crippen LogP) is 6.73. The quantitative estimate of drug-likeness (QED) is 0.314. The van der Waals surface area contributed by atoms with Crippen LogP contribution in [0.15, 0.2) is 68.4 Å². The van der Waals surface area contributed by atoms with E-state index in [1.165, 1.54) is 17.3 Å². The fourth-order valence-electron chi connectivity index (χ4n) is 2.91. The number of halogens is 1. The summed E-state index contributed by atoms with van der Waals surface area (Å²) in [7, 11) is 0. The lowest BCUT2D eigenvalue weighted by Gasteiger charge is -2.14. The lowest BCUT2D eigenvalue weighted by Crippen LogP contribution is -2.27. The Bertz CT molecular complexity index is 1120. The van der Waals surface area contributed by atoms with Crippen molar-refractivity contribution in [1.82, 2.24) is 0 Å². The number of thiocarbonyl (C=S) groups is 1. The topological polar surface area (TPSA) is 33.5 Å². The average Bonchev–Trinajstić information content (AvgIpc) is 3.21. The second kappa shape index (κ2) is 7.70.